The minimum atomic E-state index is -0.298. The molecule has 3 rings (SSSR count). The van der Waals surface area contributed by atoms with Gasteiger partial charge in [0.1, 0.15) is 17.3 Å². The second-order valence-corrected chi connectivity index (χ2v) is 6.84. The fourth-order valence-corrected chi connectivity index (χ4v) is 2.79. The van der Waals surface area contributed by atoms with Gasteiger partial charge in [-0.05, 0) is 62.2 Å². The Bertz CT molecular complexity index is 1060. The van der Waals surface area contributed by atoms with E-state index in [1.807, 2.05) is 44.2 Å². The first-order valence-electron chi connectivity index (χ1n) is 9.19. The third kappa shape index (κ3) is 5.38. The Morgan fingerprint density at radius 1 is 0.828 bits per heavy atom. The van der Waals surface area contributed by atoms with Crippen LogP contribution in [-0.4, -0.2) is 21.8 Å². The lowest BCUT2D eigenvalue weighted by Crippen LogP contribution is -2.16. The molecular weight excluding hydrogens is 366 g/mol. The van der Waals surface area contributed by atoms with Gasteiger partial charge in [-0.25, -0.2) is 9.97 Å². The number of aryl methyl sites for hydroxylation is 3. The van der Waals surface area contributed by atoms with E-state index in [-0.39, 0.29) is 17.5 Å². The van der Waals surface area contributed by atoms with Crippen molar-refractivity contribution in [3.63, 3.8) is 0 Å². The van der Waals surface area contributed by atoms with E-state index in [2.05, 4.69) is 25.9 Å². The largest absolute Gasteiger partial charge is 0.340 e. The average Bonchev–Trinajstić information content (AvgIpc) is 2.65. The van der Waals surface area contributed by atoms with E-state index in [0.717, 1.165) is 22.5 Å². The lowest BCUT2D eigenvalue weighted by Gasteiger charge is -2.11. The lowest BCUT2D eigenvalue weighted by atomic mass is 10.1. The molecule has 0 aliphatic carbocycles. The molecule has 1 aromatic heterocycles. The normalized spacial score (nSPS) is 10.3. The Hall–Kier alpha value is -3.74. The number of amides is 2. The molecule has 0 fully saturated rings. The van der Waals surface area contributed by atoms with Gasteiger partial charge in [0.25, 0.3) is 5.91 Å². The summed E-state index contributed by atoms with van der Waals surface area (Å²) in [4.78, 5) is 32.4. The number of nitrogens with one attached hydrogen (secondary N) is 3. The lowest BCUT2D eigenvalue weighted by molar-refractivity contribution is -0.114. The number of benzene rings is 2. The van der Waals surface area contributed by atoms with Crippen LogP contribution >= 0.6 is 0 Å². The Morgan fingerprint density at radius 2 is 1.52 bits per heavy atom. The van der Waals surface area contributed by atoms with Gasteiger partial charge in [0, 0.05) is 30.1 Å². The van der Waals surface area contributed by atoms with Crippen molar-refractivity contribution >= 4 is 34.7 Å². The summed E-state index contributed by atoms with van der Waals surface area (Å²) in [6.45, 7) is 7.11. The van der Waals surface area contributed by atoms with Gasteiger partial charge < -0.3 is 16.0 Å². The predicted octanol–water partition coefficient (Wildman–Crippen LogP) is 4.36. The van der Waals surface area contributed by atoms with Crippen LogP contribution in [0.3, 0.4) is 0 Å². The third-order valence-electron chi connectivity index (χ3n) is 4.19. The van der Waals surface area contributed by atoms with Gasteiger partial charge in [0.15, 0.2) is 0 Å². The molecule has 7 nitrogen and oxygen atoms in total. The Balaban J connectivity index is 1.78. The third-order valence-corrected chi connectivity index (χ3v) is 4.19. The first-order valence-corrected chi connectivity index (χ1v) is 9.19. The average molecular weight is 389 g/mol. The molecule has 7 heteroatoms. The molecule has 3 aromatic rings. The molecule has 2 aromatic carbocycles. The van der Waals surface area contributed by atoms with Crippen LogP contribution in [-0.2, 0) is 4.79 Å². The molecular formula is C22H23N5O2. The maximum Gasteiger partial charge on any atom is 0.274 e. The second-order valence-electron chi connectivity index (χ2n) is 6.84. The van der Waals surface area contributed by atoms with Gasteiger partial charge in [-0.15, -0.1) is 0 Å². The van der Waals surface area contributed by atoms with E-state index in [0.29, 0.717) is 17.3 Å². The molecule has 0 bridgehead atoms. The van der Waals surface area contributed by atoms with E-state index in [9.17, 15) is 9.59 Å². The van der Waals surface area contributed by atoms with Crippen molar-refractivity contribution in [1.29, 1.82) is 0 Å². The molecule has 0 radical (unpaired) electrons. The highest BCUT2D eigenvalue weighted by Crippen LogP contribution is 2.20. The van der Waals surface area contributed by atoms with E-state index in [1.165, 1.54) is 6.92 Å². The number of carbonyl (C=O) groups excluding carboxylic acids is 2. The molecule has 3 N–H and O–H groups in total. The quantitative estimate of drug-likeness (QED) is 0.603. The van der Waals surface area contributed by atoms with Gasteiger partial charge in [-0.2, -0.15) is 0 Å². The molecule has 0 aliphatic heterocycles. The summed E-state index contributed by atoms with van der Waals surface area (Å²) in [5, 5.41) is 8.79. The van der Waals surface area contributed by atoms with Gasteiger partial charge in [-0.3, -0.25) is 9.59 Å². The number of carbonyl (C=O) groups is 2. The second kappa shape index (κ2) is 8.52. The van der Waals surface area contributed by atoms with Crippen LogP contribution in [0.5, 0.6) is 0 Å². The van der Waals surface area contributed by atoms with Crippen molar-refractivity contribution in [3.05, 3.63) is 71.2 Å². The highest BCUT2D eigenvalue weighted by Gasteiger charge is 2.12. The summed E-state index contributed by atoms with van der Waals surface area (Å²) in [5.41, 5.74) is 4.56. The van der Waals surface area contributed by atoms with Gasteiger partial charge in [0.05, 0.1) is 0 Å². The zero-order valence-corrected chi connectivity index (χ0v) is 16.8. The van der Waals surface area contributed by atoms with E-state index in [1.54, 1.807) is 25.1 Å². The van der Waals surface area contributed by atoms with E-state index >= 15 is 0 Å². The number of hydrogen-bond acceptors (Lipinski definition) is 5. The molecule has 0 atom stereocenters. The van der Waals surface area contributed by atoms with E-state index in [4.69, 9.17) is 0 Å². The van der Waals surface area contributed by atoms with Crippen molar-refractivity contribution < 1.29 is 9.59 Å². The number of rotatable bonds is 5. The molecule has 29 heavy (non-hydrogen) atoms. The molecule has 0 spiro atoms. The fraction of sp³-hybridized carbons (Fsp3) is 0.182. The summed E-state index contributed by atoms with van der Waals surface area (Å²) in [5.74, 6) is 0.566. The van der Waals surface area contributed by atoms with Crippen LogP contribution in [0.25, 0.3) is 0 Å². The molecule has 0 saturated heterocycles. The smallest absolute Gasteiger partial charge is 0.274 e. The fourth-order valence-electron chi connectivity index (χ4n) is 2.79. The molecule has 148 valence electrons. The first-order chi connectivity index (χ1) is 13.8. The number of anilines is 4. The Morgan fingerprint density at radius 3 is 2.21 bits per heavy atom. The monoisotopic (exact) mass is 389 g/mol. The van der Waals surface area contributed by atoms with Crippen LogP contribution in [0.15, 0.2) is 48.5 Å². The van der Waals surface area contributed by atoms with Crippen LogP contribution in [0.4, 0.5) is 22.9 Å². The highest BCUT2D eigenvalue weighted by molar-refractivity contribution is 6.03. The van der Waals surface area contributed by atoms with Crippen molar-refractivity contribution in [2.45, 2.75) is 27.7 Å². The van der Waals surface area contributed by atoms with Crippen LogP contribution in [0, 0.1) is 20.8 Å². The van der Waals surface area contributed by atoms with Gasteiger partial charge in [-0.1, -0.05) is 12.1 Å². The molecule has 0 saturated carbocycles. The minimum absolute atomic E-state index is 0.128. The van der Waals surface area contributed by atoms with Crippen molar-refractivity contribution in [3.8, 4) is 0 Å². The standard InChI is InChI=1S/C22H23N5O2/c1-13-5-6-14(2)19(11-13)27-22(29)20-12-21(24-15(3)23-20)26-18-9-7-17(8-10-18)25-16(4)28/h5-12H,1-4H3,(H,25,28)(H,27,29)(H,23,24,26). The highest BCUT2D eigenvalue weighted by atomic mass is 16.2. The molecule has 0 aliphatic rings. The number of nitrogens with zero attached hydrogens (tertiary/aromatic N) is 2. The van der Waals surface area contributed by atoms with Gasteiger partial charge in [0.2, 0.25) is 5.91 Å². The maximum atomic E-state index is 12.7. The number of aromatic nitrogens is 2. The summed E-state index contributed by atoms with van der Waals surface area (Å²) >= 11 is 0. The van der Waals surface area contributed by atoms with Crippen molar-refractivity contribution in [2.24, 2.45) is 0 Å². The Kier molecular flexibility index (Phi) is 5.87. The van der Waals surface area contributed by atoms with Gasteiger partial charge >= 0.3 is 0 Å². The predicted molar refractivity (Wildman–Crippen MR) is 115 cm³/mol. The number of hydrogen-bond donors (Lipinski definition) is 3. The summed E-state index contributed by atoms with van der Waals surface area (Å²) in [6, 6.07) is 14.7. The zero-order valence-electron chi connectivity index (χ0n) is 16.8. The molecule has 1 heterocycles. The Labute approximate surface area is 169 Å². The van der Waals surface area contributed by atoms with Crippen molar-refractivity contribution in [1.82, 2.24) is 9.97 Å². The van der Waals surface area contributed by atoms with Crippen LogP contribution < -0.4 is 16.0 Å². The molecule has 2 amide bonds. The van der Waals surface area contributed by atoms with Crippen molar-refractivity contribution in [2.75, 3.05) is 16.0 Å². The minimum Gasteiger partial charge on any atom is -0.340 e. The zero-order chi connectivity index (χ0) is 21.0. The summed E-state index contributed by atoms with van der Waals surface area (Å²) in [6.07, 6.45) is 0. The topological polar surface area (TPSA) is 96.0 Å². The summed E-state index contributed by atoms with van der Waals surface area (Å²) in [7, 11) is 0. The molecule has 0 unspecified atom stereocenters. The van der Waals surface area contributed by atoms with E-state index < -0.39 is 0 Å². The maximum absolute atomic E-state index is 12.7. The van der Waals surface area contributed by atoms with Crippen LogP contribution in [0.1, 0.15) is 34.4 Å². The SMILES string of the molecule is CC(=O)Nc1ccc(Nc2cc(C(=O)Nc3cc(C)ccc3C)nc(C)n2)cc1. The summed E-state index contributed by atoms with van der Waals surface area (Å²) < 4.78 is 0. The van der Waals surface area contributed by atoms with Crippen LogP contribution in [0.2, 0.25) is 0 Å². The first kappa shape index (κ1) is 20.0.